The topological polar surface area (TPSA) is 61.9 Å². The van der Waals surface area contributed by atoms with Gasteiger partial charge in [-0.25, -0.2) is 0 Å². The monoisotopic (exact) mass is 309 g/mol. The van der Waals surface area contributed by atoms with Crippen molar-refractivity contribution in [2.45, 2.75) is 37.3 Å². The smallest absolute Gasteiger partial charge is 0.243 e. The van der Waals surface area contributed by atoms with Gasteiger partial charge in [0, 0.05) is 6.54 Å². The van der Waals surface area contributed by atoms with Crippen molar-refractivity contribution in [1.29, 1.82) is 0 Å². The molecule has 0 aromatic heterocycles. The molecule has 6 heteroatoms. The molecule has 0 radical (unpaired) electrons. The van der Waals surface area contributed by atoms with Crippen LogP contribution in [-0.2, 0) is 14.3 Å². The van der Waals surface area contributed by atoms with E-state index in [4.69, 9.17) is 4.74 Å². The minimum Gasteiger partial charge on any atom is -0.371 e. The van der Waals surface area contributed by atoms with Crippen LogP contribution in [0.15, 0.2) is 12.7 Å². The molecule has 1 heterocycles. The second-order valence-corrected chi connectivity index (χ2v) is 6.56. The third-order valence-electron chi connectivity index (χ3n) is 4.49. The molecule has 1 atom stereocenters. The van der Waals surface area contributed by atoms with Crippen molar-refractivity contribution in [3.63, 3.8) is 0 Å². The van der Waals surface area contributed by atoms with Gasteiger partial charge >= 0.3 is 0 Å². The van der Waals surface area contributed by atoms with Gasteiger partial charge in [-0.1, -0.05) is 19.4 Å². The third kappa shape index (κ3) is 4.08. The van der Waals surface area contributed by atoms with E-state index in [2.05, 4.69) is 16.8 Å². The highest BCUT2D eigenvalue weighted by Crippen LogP contribution is 2.37. The van der Waals surface area contributed by atoms with E-state index in [0.29, 0.717) is 13.2 Å². The van der Waals surface area contributed by atoms with Crippen LogP contribution in [0.4, 0.5) is 0 Å². The summed E-state index contributed by atoms with van der Waals surface area (Å²) in [4.78, 5) is 27.8. The number of amides is 2. The van der Waals surface area contributed by atoms with E-state index < -0.39 is 0 Å². The maximum absolute atomic E-state index is 12.6. The number of ether oxygens (including phenoxy) is 1. The Labute approximate surface area is 132 Å². The number of carbonyl (C=O) groups excluding carboxylic acids is 2. The van der Waals surface area contributed by atoms with Crippen molar-refractivity contribution in [2.24, 2.45) is 0 Å². The molecule has 1 saturated heterocycles. The number of likely N-dealkylation sites (N-methyl/N-ethyl adjacent to an activating group) is 1. The van der Waals surface area contributed by atoms with Gasteiger partial charge in [0.25, 0.3) is 0 Å². The van der Waals surface area contributed by atoms with Crippen LogP contribution in [0.1, 0.15) is 25.7 Å². The Kier molecular flexibility index (Phi) is 5.58. The quantitative estimate of drug-likeness (QED) is 0.746. The van der Waals surface area contributed by atoms with E-state index in [1.807, 2.05) is 19.0 Å². The van der Waals surface area contributed by atoms with Crippen molar-refractivity contribution >= 4 is 11.8 Å². The molecule has 2 fully saturated rings. The van der Waals surface area contributed by atoms with Gasteiger partial charge < -0.3 is 19.9 Å². The first-order chi connectivity index (χ1) is 10.5. The molecule has 124 valence electrons. The summed E-state index contributed by atoms with van der Waals surface area (Å²) in [7, 11) is 3.98. The number of hydrogen-bond donors (Lipinski definition) is 1. The number of nitrogens with zero attached hydrogens (tertiary/aromatic N) is 2. The molecule has 0 bridgehead atoms. The summed E-state index contributed by atoms with van der Waals surface area (Å²) in [5, 5.41) is 2.58. The lowest BCUT2D eigenvalue weighted by Crippen LogP contribution is -2.61. The van der Waals surface area contributed by atoms with Crippen molar-refractivity contribution in [2.75, 3.05) is 40.3 Å². The first-order valence-electron chi connectivity index (χ1n) is 7.94. The maximum Gasteiger partial charge on any atom is 0.243 e. The van der Waals surface area contributed by atoms with E-state index in [9.17, 15) is 9.59 Å². The summed E-state index contributed by atoms with van der Waals surface area (Å²) in [6, 6.07) is 0.0364. The fourth-order valence-corrected chi connectivity index (χ4v) is 3.37. The van der Waals surface area contributed by atoms with Crippen LogP contribution < -0.4 is 5.32 Å². The highest BCUT2D eigenvalue weighted by atomic mass is 16.5. The Hall–Kier alpha value is -1.40. The fourth-order valence-electron chi connectivity index (χ4n) is 3.37. The lowest BCUT2D eigenvalue weighted by molar-refractivity contribution is -0.161. The highest BCUT2D eigenvalue weighted by Gasteiger charge is 2.44. The molecule has 22 heavy (non-hydrogen) atoms. The van der Waals surface area contributed by atoms with Crippen molar-refractivity contribution in [1.82, 2.24) is 15.1 Å². The zero-order valence-corrected chi connectivity index (χ0v) is 13.6. The summed E-state index contributed by atoms with van der Waals surface area (Å²) in [5.41, 5.74) is -0.166. The van der Waals surface area contributed by atoms with Crippen LogP contribution in [0.5, 0.6) is 0 Å². The molecule has 0 aromatic rings. The van der Waals surface area contributed by atoms with Crippen LogP contribution in [0.3, 0.4) is 0 Å². The SMILES string of the molecule is C=CC(=O)NCC(=O)N1CC2(CCCC2)OCC1CN(C)C. The number of hydrogen-bond acceptors (Lipinski definition) is 4. The minimum absolute atomic E-state index is 0.0187. The molecule has 0 aromatic carbocycles. The fraction of sp³-hybridized carbons (Fsp3) is 0.750. The molecular formula is C16H27N3O3. The number of rotatable bonds is 5. The normalized spacial score (nSPS) is 23.8. The first-order valence-corrected chi connectivity index (χ1v) is 7.94. The Morgan fingerprint density at radius 2 is 2.09 bits per heavy atom. The van der Waals surface area contributed by atoms with E-state index in [1.165, 1.54) is 6.08 Å². The predicted molar refractivity (Wildman–Crippen MR) is 84.4 cm³/mol. The van der Waals surface area contributed by atoms with Crippen LogP contribution in [0.2, 0.25) is 0 Å². The van der Waals surface area contributed by atoms with E-state index in [1.54, 1.807) is 0 Å². The van der Waals surface area contributed by atoms with Gasteiger partial charge in [0.15, 0.2) is 0 Å². The summed E-state index contributed by atoms with van der Waals surface area (Å²) >= 11 is 0. The summed E-state index contributed by atoms with van der Waals surface area (Å²) in [5.74, 6) is -0.363. The lowest BCUT2D eigenvalue weighted by Gasteiger charge is -2.46. The van der Waals surface area contributed by atoms with Gasteiger partial charge in [0.2, 0.25) is 11.8 Å². The van der Waals surface area contributed by atoms with Gasteiger partial charge in [-0.15, -0.1) is 0 Å². The van der Waals surface area contributed by atoms with Gasteiger partial charge in [0.05, 0.1) is 31.3 Å². The molecule has 1 saturated carbocycles. The van der Waals surface area contributed by atoms with Gasteiger partial charge in [-0.05, 0) is 33.0 Å². The van der Waals surface area contributed by atoms with E-state index in [0.717, 1.165) is 32.2 Å². The Morgan fingerprint density at radius 3 is 2.68 bits per heavy atom. The standard InChI is InChI=1S/C16H27N3O3/c1-4-14(20)17-9-15(21)19-12-16(7-5-6-8-16)22-11-13(19)10-18(2)3/h4,13H,1,5-12H2,2-3H3,(H,17,20). The second-order valence-electron chi connectivity index (χ2n) is 6.56. The van der Waals surface area contributed by atoms with Crippen LogP contribution >= 0.6 is 0 Å². The first kappa shape index (κ1) is 17.0. The summed E-state index contributed by atoms with van der Waals surface area (Å²) in [6.07, 6.45) is 5.54. The largest absolute Gasteiger partial charge is 0.371 e. The molecule has 1 aliphatic heterocycles. The Morgan fingerprint density at radius 1 is 1.41 bits per heavy atom. The minimum atomic E-state index is -0.318. The summed E-state index contributed by atoms with van der Waals surface area (Å²) < 4.78 is 6.14. The maximum atomic E-state index is 12.6. The Balaban J connectivity index is 2.03. The average molecular weight is 309 g/mol. The van der Waals surface area contributed by atoms with E-state index in [-0.39, 0.29) is 30.0 Å². The molecular weight excluding hydrogens is 282 g/mol. The van der Waals surface area contributed by atoms with E-state index >= 15 is 0 Å². The second kappa shape index (κ2) is 7.24. The van der Waals surface area contributed by atoms with Crippen LogP contribution in [-0.4, -0.2) is 73.6 Å². The molecule has 1 spiro atoms. The molecule has 2 rings (SSSR count). The van der Waals surface area contributed by atoms with Crippen molar-refractivity contribution in [3.8, 4) is 0 Å². The molecule has 2 aliphatic rings. The molecule has 1 N–H and O–H groups in total. The van der Waals surface area contributed by atoms with Crippen LogP contribution in [0.25, 0.3) is 0 Å². The molecule has 1 aliphatic carbocycles. The van der Waals surface area contributed by atoms with Gasteiger partial charge in [-0.2, -0.15) is 0 Å². The van der Waals surface area contributed by atoms with Crippen molar-refractivity contribution in [3.05, 3.63) is 12.7 Å². The van der Waals surface area contributed by atoms with Crippen LogP contribution in [0, 0.1) is 0 Å². The zero-order valence-electron chi connectivity index (χ0n) is 13.6. The van der Waals surface area contributed by atoms with Gasteiger partial charge in [-0.3, -0.25) is 9.59 Å². The number of nitrogens with one attached hydrogen (secondary N) is 1. The molecule has 6 nitrogen and oxygen atoms in total. The third-order valence-corrected chi connectivity index (χ3v) is 4.49. The number of carbonyl (C=O) groups is 2. The summed E-state index contributed by atoms with van der Waals surface area (Å²) in [6.45, 7) is 5.38. The molecule has 1 unspecified atom stereocenters. The van der Waals surface area contributed by atoms with Crippen molar-refractivity contribution < 1.29 is 14.3 Å². The predicted octanol–water partition coefficient (Wildman–Crippen LogP) is 0.390. The Bertz CT molecular complexity index is 430. The highest BCUT2D eigenvalue weighted by molar-refractivity contribution is 5.90. The zero-order chi connectivity index (χ0) is 16.2. The average Bonchev–Trinajstić information content (AvgIpc) is 2.94. The van der Waals surface area contributed by atoms with Gasteiger partial charge in [0.1, 0.15) is 0 Å². The number of morpholine rings is 1. The lowest BCUT2D eigenvalue weighted by atomic mass is 9.97. The molecule has 2 amide bonds.